The monoisotopic (exact) mass is 433 g/mol. The van der Waals surface area contributed by atoms with Gasteiger partial charge in [-0.2, -0.15) is 0 Å². The van der Waals surface area contributed by atoms with Crippen LogP contribution in [0.5, 0.6) is 0 Å². The Morgan fingerprint density at radius 3 is 1.60 bits per heavy atom. The summed E-state index contributed by atoms with van der Waals surface area (Å²) < 4.78 is 3.29. The molecule has 138 valence electrons. The van der Waals surface area contributed by atoms with Crippen LogP contribution >= 0.6 is 0 Å². The summed E-state index contributed by atoms with van der Waals surface area (Å²) in [7, 11) is -2.57. The second kappa shape index (κ2) is 7.04. The molecule has 1 nitrogen and oxygen atoms in total. The van der Waals surface area contributed by atoms with Gasteiger partial charge in [0, 0.05) is 0 Å². The Labute approximate surface area is 165 Å². The first-order valence-corrected chi connectivity index (χ1v) is 18.7. The quantitative estimate of drug-likeness (QED) is 0.463. The third-order valence-electron chi connectivity index (χ3n) is 5.72. The summed E-state index contributed by atoms with van der Waals surface area (Å²) in [5, 5.41) is 0. The van der Waals surface area contributed by atoms with Crippen LogP contribution in [-0.2, 0) is 0 Å². The molecule has 0 spiro atoms. The average Bonchev–Trinajstić information content (AvgIpc) is 2.91. The van der Waals surface area contributed by atoms with Crippen LogP contribution in [0.2, 0.25) is 42.8 Å². The molecule has 0 unspecified atom stereocenters. The predicted molar refractivity (Wildman–Crippen MR) is 121 cm³/mol. The summed E-state index contributed by atoms with van der Waals surface area (Å²) in [6, 6.07) is 6.97. The van der Waals surface area contributed by atoms with Gasteiger partial charge in [-0.05, 0) is 0 Å². The van der Waals surface area contributed by atoms with Gasteiger partial charge in [0.1, 0.15) is 0 Å². The van der Waals surface area contributed by atoms with Crippen molar-refractivity contribution in [3.05, 3.63) is 41.6 Å². The fraction of sp³-hybridized carbons (Fsp3) is 0.619. The van der Waals surface area contributed by atoms with Crippen molar-refractivity contribution in [2.45, 2.75) is 82.3 Å². The molecule has 0 bridgehead atoms. The van der Waals surface area contributed by atoms with E-state index in [-0.39, 0.29) is 15.7 Å². The molecule has 0 amide bonds. The van der Waals surface area contributed by atoms with Gasteiger partial charge in [-0.3, -0.25) is 0 Å². The average molecular weight is 432 g/mol. The van der Waals surface area contributed by atoms with Gasteiger partial charge in [-0.1, -0.05) is 0 Å². The van der Waals surface area contributed by atoms with E-state index in [9.17, 15) is 0 Å². The van der Waals surface area contributed by atoms with Gasteiger partial charge in [0.05, 0.1) is 0 Å². The van der Waals surface area contributed by atoms with E-state index in [2.05, 4.69) is 101 Å². The van der Waals surface area contributed by atoms with Gasteiger partial charge in [0.15, 0.2) is 0 Å². The number of benzene rings is 1. The molecular formula is C21H37GeNSi2. The second-order valence-electron chi connectivity index (χ2n) is 10.2. The Kier molecular flexibility index (Phi) is 5.93. The molecule has 2 rings (SSSR count). The SMILES string of the molecule is CC(C)c1cccc(C(C)C)c1[N]1C=C[C]([Si](C)(C)C)([Si](C)(C)C)[Ge]1. The number of rotatable bonds is 5. The van der Waals surface area contributed by atoms with Crippen LogP contribution in [0.3, 0.4) is 0 Å². The summed E-state index contributed by atoms with van der Waals surface area (Å²) >= 11 is -0.245. The van der Waals surface area contributed by atoms with Crippen LogP contribution in [0.15, 0.2) is 30.5 Å². The third kappa shape index (κ3) is 3.74. The molecule has 0 saturated heterocycles. The Hall–Kier alpha value is -0.263. The van der Waals surface area contributed by atoms with Crippen molar-refractivity contribution < 1.29 is 0 Å². The normalized spacial score (nSPS) is 17.8. The van der Waals surface area contributed by atoms with Crippen molar-refractivity contribution in [1.82, 2.24) is 0 Å². The van der Waals surface area contributed by atoms with Gasteiger partial charge < -0.3 is 0 Å². The summed E-state index contributed by atoms with van der Waals surface area (Å²) in [6.07, 6.45) is 5.16. The molecule has 25 heavy (non-hydrogen) atoms. The molecule has 0 N–H and O–H groups in total. The van der Waals surface area contributed by atoms with Crippen molar-refractivity contribution in [3.63, 3.8) is 0 Å². The summed E-state index contributed by atoms with van der Waals surface area (Å²) in [6.45, 7) is 24.9. The fourth-order valence-corrected chi connectivity index (χ4v) is 22.8. The molecule has 2 radical (unpaired) electrons. The Morgan fingerprint density at radius 2 is 1.28 bits per heavy atom. The van der Waals surface area contributed by atoms with Gasteiger partial charge in [0.2, 0.25) is 0 Å². The van der Waals surface area contributed by atoms with E-state index >= 15 is 0 Å². The first-order valence-electron chi connectivity index (χ1n) is 9.71. The first-order chi connectivity index (χ1) is 11.3. The molecule has 0 aromatic heterocycles. The molecule has 1 aliphatic heterocycles. The van der Waals surface area contributed by atoms with Crippen molar-refractivity contribution in [1.29, 1.82) is 0 Å². The van der Waals surface area contributed by atoms with E-state index in [1.54, 1.807) is 5.69 Å². The van der Waals surface area contributed by atoms with Gasteiger partial charge in [0.25, 0.3) is 0 Å². The maximum absolute atomic E-state index is 2.74. The van der Waals surface area contributed by atoms with Crippen LogP contribution in [0.25, 0.3) is 0 Å². The number of hydrogen-bond donors (Lipinski definition) is 0. The van der Waals surface area contributed by atoms with E-state index in [1.165, 1.54) is 11.1 Å². The van der Waals surface area contributed by atoms with E-state index in [0.29, 0.717) is 15.3 Å². The first kappa shape index (κ1) is 21.0. The second-order valence-corrected chi connectivity index (χ2v) is 26.5. The van der Waals surface area contributed by atoms with Gasteiger partial charge >= 0.3 is 165 Å². The molecule has 1 aromatic rings. The van der Waals surface area contributed by atoms with Crippen LogP contribution in [0.1, 0.15) is 50.7 Å². The van der Waals surface area contributed by atoms with Gasteiger partial charge in [-0.25, -0.2) is 0 Å². The van der Waals surface area contributed by atoms with E-state index < -0.39 is 16.1 Å². The molecule has 1 aliphatic rings. The standard InChI is InChI=1S/C21H37GeNSi2/c1-16(2)18-12-11-13-19(17(3)4)20(18)23-15-14-21(22-23,24(5,6)7)25(8,9)10/h11-17H,1-10H3. The number of allylic oxidation sites excluding steroid dienone is 1. The number of para-hydroxylation sites is 1. The Morgan fingerprint density at radius 1 is 0.840 bits per heavy atom. The molecular weight excluding hydrogens is 395 g/mol. The van der Waals surface area contributed by atoms with Crippen molar-refractivity contribution in [3.8, 4) is 0 Å². The maximum atomic E-state index is 2.74. The van der Waals surface area contributed by atoms with Crippen molar-refractivity contribution in [2.75, 3.05) is 3.86 Å². The molecule has 0 fully saturated rings. The summed E-state index contributed by atoms with van der Waals surface area (Å²) in [5.74, 6) is 1.14. The van der Waals surface area contributed by atoms with Crippen LogP contribution in [0, 0.1) is 0 Å². The van der Waals surface area contributed by atoms with E-state index in [0.717, 1.165) is 0 Å². The minimum atomic E-state index is -1.28. The zero-order valence-corrected chi connectivity index (χ0v) is 22.1. The fourth-order valence-electron chi connectivity index (χ4n) is 4.33. The molecule has 4 heteroatoms. The van der Waals surface area contributed by atoms with Crippen molar-refractivity contribution >= 4 is 37.5 Å². The van der Waals surface area contributed by atoms with Crippen LogP contribution < -0.4 is 3.86 Å². The van der Waals surface area contributed by atoms with Crippen molar-refractivity contribution in [2.24, 2.45) is 0 Å². The van der Waals surface area contributed by atoms with Gasteiger partial charge in [-0.15, -0.1) is 0 Å². The number of nitrogens with zero attached hydrogens (tertiary/aromatic N) is 1. The van der Waals surface area contributed by atoms with Crippen LogP contribution in [-0.4, -0.2) is 31.8 Å². The zero-order chi connectivity index (χ0) is 19.2. The Bertz CT molecular complexity index is 611. The van der Waals surface area contributed by atoms with E-state index in [1.807, 2.05) is 0 Å². The molecule has 0 atom stereocenters. The molecule has 1 aromatic carbocycles. The summed E-state index contributed by atoms with van der Waals surface area (Å²) in [4.78, 5) is 0. The summed E-state index contributed by atoms with van der Waals surface area (Å²) in [5.41, 5.74) is 4.60. The van der Waals surface area contributed by atoms with E-state index in [4.69, 9.17) is 0 Å². The molecule has 1 heterocycles. The number of anilines is 1. The minimum absolute atomic E-state index is 0.245. The predicted octanol–water partition coefficient (Wildman–Crippen LogP) is 6.80. The third-order valence-corrected chi connectivity index (χ3v) is 28.3. The topological polar surface area (TPSA) is 3.24 Å². The number of hydrogen-bond acceptors (Lipinski definition) is 1. The molecule has 0 saturated carbocycles. The molecule has 0 aliphatic carbocycles. The van der Waals surface area contributed by atoms with Crippen LogP contribution in [0.4, 0.5) is 5.69 Å². The Balaban J connectivity index is 2.59. The zero-order valence-electron chi connectivity index (χ0n) is 18.0.